The number of rotatable bonds is 6. The maximum Gasteiger partial charge on any atom is 0.415 e. The molecule has 2 aliphatic heterocycles. The topological polar surface area (TPSA) is 94.6 Å². The number of hydrogen-bond donors (Lipinski definition) is 0. The molecule has 11 heteroatoms. The molecular weight excluding hydrogens is 555 g/mol. The van der Waals surface area contributed by atoms with Gasteiger partial charge in [0.05, 0.1) is 36.4 Å². The quantitative estimate of drug-likeness (QED) is 0.416. The predicted octanol–water partition coefficient (Wildman–Crippen LogP) is 5.40. The van der Waals surface area contributed by atoms with E-state index in [0.717, 1.165) is 5.56 Å². The van der Waals surface area contributed by atoms with E-state index in [9.17, 15) is 18.8 Å². The molecule has 41 heavy (non-hydrogen) atoms. The van der Waals surface area contributed by atoms with Gasteiger partial charge in [0, 0.05) is 19.2 Å². The number of likely N-dealkylation sites (tertiary alicyclic amines) is 1. The third-order valence-corrected chi connectivity index (χ3v) is 7.52. The van der Waals surface area contributed by atoms with Crippen molar-refractivity contribution < 1.29 is 37.7 Å². The minimum Gasteiger partial charge on any atom is -0.495 e. The number of anilines is 1. The van der Waals surface area contributed by atoms with Crippen LogP contribution in [0.25, 0.3) is 0 Å². The molecular formula is C30H36ClFN2O7. The number of amides is 2. The molecule has 4 rings (SSSR count). The van der Waals surface area contributed by atoms with Crippen LogP contribution in [0.5, 0.6) is 11.5 Å². The summed E-state index contributed by atoms with van der Waals surface area (Å²) < 4.78 is 35.9. The van der Waals surface area contributed by atoms with Gasteiger partial charge in [0.25, 0.3) is 5.91 Å². The molecule has 0 N–H and O–H groups in total. The van der Waals surface area contributed by atoms with Crippen molar-refractivity contribution in [1.82, 2.24) is 4.90 Å². The molecule has 2 heterocycles. The Balaban J connectivity index is 1.55. The number of ether oxygens (including phenoxy) is 4. The van der Waals surface area contributed by atoms with Crippen LogP contribution < -0.4 is 14.4 Å². The zero-order valence-electron chi connectivity index (χ0n) is 24.0. The van der Waals surface area contributed by atoms with Crippen molar-refractivity contribution >= 4 is 35.3 Å². The number of benzene rings is 2. The average Bonchev–Trinajstić information content (AvgIpc) is 2.92. The molecule has 0 bridgehead atoms. The number of carbonyl (C=O) groups is 3. The minimum atomic E-state index is -1.02. The Kier molecular flexibility index (Phi) is 9.01. The largest absolute Gasteiger partial charge is 0.495 e. The smallest absolute Gasteiger partial charge is 0.415 e. The number of piperidine rings is 1. The van der Waals surface area contributed by atoms with Gasteiger partial charge in [0.2, 0.25) is 0 Å². The number of carbonyl (C=O) groups excluding carboxylic acids is 3. The molecule has 0 aromatic heterocycles. The number of halogens is 2. The fraction of sp³-hybridized carbons (Fsp3) is 0.500. The van der Waals surface area contributed by atoms with Crippen LogP contribution in [0.3, 0.4) is 0 Å². The van der Waals surface area contributed by atoms with Gasteiger partial charge in [-0.05, 0) is 70.7 Å². The molecule has 2 aromatic rings. The van der Waals surface area contributed by atoms with Crippen LogP contribution in [0.2, 0.25) is 5.02 Å². The third-order valence-electron chi connectivity index (χ3n) is 7.23. The maximum atomic E-state index is 13.7. The first kappa shape index (κ1) is 30.4. The fourth-order valence-electron chi connectivity index (χ4n) is 5.15. The summed E-state index contributed by atoms with van der Waals surface area (Å²) in [5, 5.41) is 0.278. The lowest BCUT2D eigenvalue weighted by Gasteiger charge is -2.42. The first-order valence-corrected chi connectivity index (χ1v) is 14.0. The minimum absolute atomic E-state index is 0.0848. The number of esters is 1. The second kappa shape index (κ2) is 12.1. The van der Waals surface area contributed by atoms with E-state index < -0.39 is 23.2 Å². The zero-order chi connectivity index (χ0) is 29.9. The fourth-order valence-corrected chi connectivity index (χ4v) is 5.38. The number of nitrogens with zero attached hydrogens (tertiary/aromatic N) is 2. The number of fused-ring (bicyclic) bond motifs is 1. The van der Waals surface area contributed by atoms with Gasteiger partial charge < -0.3 is 23.8 Å². The Morgan fingerprint density at radius 2 is 1.78 bits per heavy atom. The third kappa shape index (κ3) is 6.86. The highest BCUT2D eigenvalue weighted by molar-refractivity contribution is 6.32. The van der Waals surface area contributed by atoms with E-state index >= 15 is 0 Å². The molecule has 0 aliphatic carbocycles. The SMILES string of the molecule is CCOC(=O)C1(Cc2ccc(F)cc2)CCN(C(=O)C2CN(C(=O)OC(C)(C)C)c3cc(Cl)c(OC)cc3O2)CC1. The highest BCUT2D eigenvalue weighted by Gasteiger charge is 2.46. The molecule has 0 radical (unpaired) electrons. The normalized spacial score (nSPS) is 18.2. The summed E-state index contributed by atoms with van der Waals surface area (Å²) in [6.45, 7) is 7.72. The molecule has 222 valence electrons. The Hall–Kier alpha value is -3.53. The van der Waals surface area contributed by atoms with Gasteiger partial charge in [0.15, 0.2) is 6.10 Å². The van der Waals surface area contributed by atoms with Crippen LogP contribution in [0.15, 0.2) is 36.4 Å². The summed E-state index contributed by atoms with van der Waals surface area (Å²) >= 11 is 6.33. The Morgan fingerprint density at radius 3 is 2.37 bits per heavy atom. The second-order valence-electron chi connectivity index (χ2n) is 11.3. The van der Waals surface area contributed by atoms with Crippen molar-refractivity contribution in [3.8, 4) is 11.5 Å². The van der Waals surface area contributed by atoms with E-state index in [0.29, 0.717) is 30.7 Å². The van der Waals surface area contributed by atoms with Crippen LogP contribution in [-0.4, -0.2) is 67.9 Å². The van der Waals surface area contributed by atoms with Gasteiger partial charge in [-0.3, -0.25) is 14.5 Å². The van der Waals surface area contributed by atoms with Crippen molar-refractivity contribution in [1.29, 1.82) is 0 Å². The average molecular weight is 591 g/mol. The Bertz CT molecular complexity index is 1290. The molecule has 2 aliphatic rings. The van der Waals surface area contributed by atoms with Crippen LogP contribution >= 0.6 is 11.6 Å². The Labute approximate surface area is 244 Å². The van der Waals surface area contributed by atoms with E-state index in [2.05, 4.69) is 0 Å². The van der Waals surface area contributed by atoms with Gasteiger partial charge in [-0.1, -0.05) is 23.7 Å². The summed E-state index contributed by atoms with van der Waals surface area (Å²) in [6, 6.07) is 9.14. The van der Waals surface area contributed by atoms with E-state index in [-0.39, 0.29) is 54.7 Å². The van der Waals surface area contributed by atoms with Gasteiger partial charge in [0.1, 0.15) is 22.9 Å². The van der Waals surface area contributed by atoms with Gasteiger partial charge >= 0.3 is 12.1 Å². The second-order valence-corrected chi connectivity index (χ2v) is 11.7. The molecule has 0 spiro atoms. The van der Waals surface area contributed by atoms with Crippen LogP contribution in [0.4, 0.5) is 14.9 Å². The lowest BCUT2D eigenvalue weighted by molar-refractivity contribution is -0.161. The van der Waals surface area contributed by atoms with Crippen molar-refractivity contribution in [2.75, 3.05) is 38.3 Å². The lowest BCUT2D eigenvalue weighted by atomic mass is 9.73. The highest BCUT2D eigenvalue weighted by Crippen LogP contribution is 2.42. The molecule has 1 fully saturated rings. The lowest BCUT2D eigenvalue weighted by Crippen LogP contribution is -2.55. The Morgan fingerprint density at radius 1 is 1.12 bits per heavy atom. The first-order chi connectivity index (χ1) is 19.4. The summed E-state index contributed by atoms with van der Waals surface area (Å²) in [5.74, 6) is -0.415. The van der Waals surface area contributed by atoms with Crippen molar-refractivity contribution in [3.63, 3.8) is 0 Å². The molecule has 1 atom stereocenters. The summed E-state index contributed by atoms with van der Waals surface area (Å²) in [5.41, 5.74) is -0.434. The van der Waals surface area contributed by atoms with Crippen molar-refractivity contribution in [3.05, 3.63) is 52.8 Å². The van der Waals surface area contributed by atoms with Crippen LogP contribution in [-0.2, 0) is 25.5 Å². The zero-order valence-corrected chi connectivity index (χ0v) is 24.8. The molecule has 1 saturated heterocycles. The number of hydrogen-bond acceptors (Lipinski definition) is 7. The van der Waals surface area contributed by atoms with Crippen LogP contribution in [0.1, 0.15) is 46.1 Å². The van der Waals surface area contributed by atoms with E-state index in [4.69, 9.17) is 30.5 Å². The molecule has 0 saturated carbocycles. The molecule has 2 aromatic carbocycles. The van der Waals surface area contributed by atoms with Crippen LogP contribution in [0, 0.1) is 11.2 Å². The molecule has 1 unspecified atom stereocenters. The summed E-state index contributed by atoms with van der Waals surface area (Å²) in [4.78, 5) is 43.0. The first-order valence-electron chi connectivity index (χ1n) is 13.6. The maximum absolute atomic E-state index is 13.7. The van der Waals surface area contributed by atoms with Gasteiger partial charge in [-0.25, -0.2) is 9.18 Å². The summed E-state index contributed by atoms with van der Waals surface area (Å²) in [7, 11) is 1.46. The van der Waals surface area contributed by atoms with E-state index in [1.54, 1.807) is 56.9 Å². The van der Waals surface area contributed by atoms with Crippen molar-refractivity contribution in [2.45, 2.75) is 58.7 Å². The highest BCUT2D eigenvalue weighted by atomic mass is 35.5. The van der Waals surface area contributed by atoms with E-state index in [1.165, 1.54) is 24.1 Å². The molecule has 2 amide bonds. The van der Waals surface area contributed by atoms with Crippen molar-refractivity contribution in [2.24, 2.45) is 5.41 Å². The summed E-state index contributed by atoms with van der Waals surface area (Å²) in [6.07, 6.45) is -0.572. The molecule has 9 nitrogen and oxygen atoms in total. The van der Waals surface area contributed by atoms with E-state index in [1.807, 2.05) is 0 Å². The van der Waals surface area contributed by atoms with Gasteiger partial charge in [-0.15, -0.1) is 0 Å². The number of methoxy groups -OCH3 is 1. The van der Waals surface area contributed by atoms with Gasteiger partial charge in [-0.2, -0.15) is 0 Å². The monoisotopic (exact) mass is 590 g/mol. The standard InChI is InChI=1S/C30H36ClFN2O7/c1-6-39-27(36)30(17-19-7-9-20(32)10-8-19)11-13-33(14-12-30)26(35)25-18-34(28(37)41-29(2,3)4)22-15-21(31)23(38-5)16-24(22)40-25/h7-10,15-16,25H,6,11-14,17-18H2,1-5H3. The predicted molar refractivity (Wildman–Crippen MR) is 151 cm³/mol.